The van der Waals surface area contributed by atoms with Crippen LogP contribution in [0.4, 0.5) is 21.8 Å². The lowest BCUT2D eigenvalue weighted by molar-refractivity contribution is 0.197. The van der Waals surface area contributed by atoms with Crippen LogP contribution in [0.25, 0.3) is 11.2 Å². The van der Waals surface area contributed by atoms with E-state index in [0.717, 1.165) is 6.42 Å². The van der Waals surface area contributed by atoms with Crippen LogP contribution >= 0.6 is 0 Å². The van der Waals surface area contributed by atoms with Gasteiger partial charge in [0.25, 0.3) is 0 Å². The number of nitrogens with one attached hydrogen (secondary N) is 2. The summed E-state index contributed by atoms with van der Waals surface area (Å²) in [5, 5.41) is 6.27. The van der Waals surface area contributed by atoms with Crippen molar-refractivity contribution in [3.8, 4) is 0 Å². The van der Waals surface area contributed by atoms with Crippen LogP contribution in [0.15, 0.2) is 36.7 Å². The third-order valence-corrected chi connectivity index (χ3v) is 3.25. The first kappa shape index (κ1) is 16.0. The number of benzene rings is 1. The van der Waals surface area contributed by atoms with E-state index in [2.05, 4.69) is 30.6 Å². The Balaban J connectivity index is 1.87. The normalized spacial score (nSPS) is 10.8. The molecule has 3 rings (SSSR count). The number of methoxy groups -OCH3 is 1. The first-order valence-electron chi connectivity index (χ1n) is 7.50. The molecule has 0 fully saturated rings. The van der Waals surface area contributed by atoms with Crippen LogP contribution in [0.5, 0.6) is 0 Å². The molecule has 0 saturated carbocycles. The number of rotatable bonds is 7. The summed E-state index contributed by atoms with van der Waals surface area (Å²) in [6.45, 7) is 1.33. The maximum absolute atomic E-state index is 13.0. The fraction of sp³-hybridized carbons (Fsp3) is 0.250. The smallest absolute Gasteiger partial charge is 0.226 e. The molecule has 0 amide bonds. The van der Waals surface area contributed by atoms with Crippen LogP contribution in [0.3, 0.4) is 0 Å². The summed E-state index contributed by atoms with van der Waals surface area (Å²) in [5.41, 5.74) is 1.73. The minimum atomic E-state index is -0.298. The summed E-state index contributed by atoms with van der Waals surface area (Å²) in [5.74, 6) is 0.658. The molecule has 0 aliphatic carbocycles. The molecule has 2 heterocycles. The maximum Gasteiger partial charge on any atom is 0.226 e. The molecule has 0 saturated heterocycles. The maximum atomic E-state index is 13.0. The second-order valence-corrected chi connectivity index (χ2v) is 5.03. The molecule has 0 aliphatic heterocycles. The van der Waals surface area contributed by atoms with Crippen molar-refractivity contribution < 1.29 is 9.13 Å². The second-order valence-electron chi connectivity index (χ2n) is 5.03. The number of fused-ring (bicyclic) bond motifs is 1. The van der Waals surface area contributed by atoms with E-state index in [4.69, 9.17) is 4.74 Å². The minimum absolute atomic E-state index is 0.298. The van der Waals surface area contributed by atoms with Gasteiger partial charge in [-0.15, -0.1) is 0 Å². The Bertz CT molecular complexity index is 811. The van der Waals surface area contributed by atoms with Crippen molar-refractivity contribution in [2.75, 3.05) is 30.9 Å². The van der Waals surface area contributed by atoms with Gasteiger partial charge in [-0.05, 0) is 30.7 Å². The van der Waals surface area contributed by atoms with E-state index in [0.29, 0.717) is 41.8 Å². The minimum Gasteiger partial charge on any atom is -0.385 e. The number of aromatic nitrogens is 4. The van der Waals surface area contributed by atoms with Gasteiger partial charge >= 0.3 is 0 Å². The van der Waals surface area contributed by atoms with E-state index in [-0.39, 0.29) is 5.82 Å². The average Bonchev–Trinajstić information content (AvgIpc) is 2.61. The molecule has 1 aromatic carbocycles. The number of hydrogen-bond acceptors (Lipinski definition) is 7. The van der Waals surface area contributed by atoms with E-state index >= 15 is 0 Å². The predicted molar refractivity (Wildman–Crippen MR) is 89.8 cm³/mol. The highest BCUT2D eigenvalue weighted by Crippen LogP contribution is 2.22. The van der Waals surface area contributed by atoms with Crippen LogP contribution in [0, 0.1) is 5.82 Å². The molecule has 8 heteroatoms. The summed E-state index contributed by atoms with van der Waals surface area (Å²) < 4.78 is 18.1. The Kier molecular flexibility index (Phi) is 5.07. The lowest BCUT2D eigenvalue weighted by Crippen LogP contribution is -2.09. The largest absolute Gasteiger partial charge is 0.385 e. The van der Waals surface area contributed by atoms with Gasteiger partial charge in [0, 0.05) is 38.3 Å². The van der Waals surface area contributed by atoms with Gasteiger partial charge in [0.2, 0.25) is 5.95 Å². The van der Waals surface area contributed by atoms with Crippen molar-refractivity contribution >= 4 is 28.6 Å². The molecule has 0 radical (unpaired) electrons. The van der Waals surface area contributed by atoms with Crippen molar-refractivity contribution in [1.29, 1.82) is 0 Å². The Morgan fingerprint density at radius 3 is 2.67 bits per heavy atom. The molecule has 24 heavy (non-hydrogen) atoms. The summed E-state index contributed by atoms with van der Waals surface area (Å²) in [7, 11) is 1.66. The average molecular weight is 328 g/mol. The monoisotopic (exact) mass is 328 g/mol. The highest BCUT2D eigenvalue weighted by Gasteiger charge is 2.10. The second kappa shape index (κ2) is 7.60. The molecular weight excluding hydrogens is 311 g/mol. The number of anilines is 3. The summed E-state index contributed by atoms with van der Waals surface area (Å²) >= 11 is 0. The first-order valence-corrected chi connectivity index (χ1v) is 7.50. The van der Waals surface area contributed by atoms with E-state index in [1.54, 1.807) is 31.6 Å². The third-order valence-electron chi connectivity index (χ3n) is 3.25. The zero-order chi connectivity index (χ0) is 16.8. The van der Waals surface area contributed by atoms with Gasteiger partial charge in [0.15, 0.2) is 17.0 Å². The number of ether oxygens (including phenoxy) is 1. The summed E-state index contributed by atoms with van der Waals surface area (Å²) in [6, 6.07) is 6.01. The van der Waals surface area contributed by atoms with Crippen molar-refractivity contribution in [3.63, 3.8) is 0 Å². The summed E-state index contributed by atoms with van der Waals surface area (Å²) in [6.07, 6.45) is 3.98. The predicted octanol–water partition coefficient (Wildman–Crippen LogP) is 2.75. The van der Waals surface area contributed by atoms with Crippen LogP contribution < -0.4 is 10.6 Å². The van der Waals surface area contributed by atoms with Gasteiger partial charge in [0.1, 0.15) is 5.82 Å². The van der Waals surface area contributed by atoms with E-state index in [1.807, 2.05) is 0 Å². The molecule has 0 aliphatic rings. The van der Waals surface area contributed by atoms with Crippen molar-refractivity contribution in [2.45, 2.75) is 6.42 Å². The summed E-state index contributed by atoms with van der Waals surface area (Å²) in [4.78, 5) is 17.3. The molecule has 7 nitrogen and oxygen atoms in total. The topological polar surface area (TPSA) is 84.9 Å². The fourth-order valence-corrected chi connectivity index (χ4v) is 2.12. The van der Waals surface area contributed by atoms with Crippen molar-refractivity contribution in [2.24, 2.45) is 0 Å². The van der Waals surface area contributed by atoms with Gasteiger partial charge in [0.05, 0.1) is 0 Å². The number of nitrogens with zero attached hydrogens (tertiary/aromatic N) is 4. The lowest BCUT2D eigenvalue weighted by atomic mass is 10.3. The van der Waals surface area contributed by atoms with Gasteiger partial charge in [-0.25, -0.2) is 14.4 Å². The third kappa shape index (κ3) is 3.90. The van der Waals surface area contributed by atoms with E-state index in [9.17, 15) is 4.39 Å². The highest BCUT2D eigenvalue weighted by molar-refractivity contribution is 5.85. The lowest BCUT2D eigenvalue weighted by Gasteiger charge is -2.10. The molecular formula is C16H17FN6O. The SMILES string of the molecule is COCCCNc1nc(Nc2ccc(F)cc2)c2nccnc2n1. The van der Waals surface area contributed by atoms with E-state index < -0.39 is 0 Å². The first-order chi connectivity index (χ1) is 11.8. The van der Waals surface area contributed by atoms with Crippen LogP contribution in [0.2, 0.25) is 0 Å². The number of hydrogen-bond donors (Lipinski definition) is 2. The quantitative estimate of drug-likeness (QED) is 0.645. The Labute approximate surface area is 138 Å². The van der Waals surface area contributed by atoms with Crippen LogP contribution in [-0.4, -0.2) is 40.2 Å². The van der Waals surface area contributed by atoms with E-state index in [1.165, 1.54) is 12.1 Å². The number of halogens is 1. The Hall–Kier alpha value is -2.87. The van der Waals surface area contributed by atoms with Gasteiger partial charge in [-0.2, -0.15) is 9.97 Å². The van der Waals surface area contributed by atoms with Crippen molar-refractivity contribution in [1.82, 2.24) is 19.9 Å². The standard InChI is InChI=1S/C16H17FN6O/c1-24-10-2-7-20-16-22-14-13(18-8-9-19-14)15(23-16)21-12-5-3-11(17)4-6-12/h3-6,8-9H,2,7,10H2,1H3,(H2,19,20,21,22,23). The molecule has 2 aromatic heterocycles. The highest BCUT2D eigenvalue weighted by atomic mass is 19.1. The fourth-order valence-electron chi connectivity index (χ4n) is 2.12. The Morgan fingerprint density at radius 1 is 1.08 bits per heavy atom. The molecule has 0 atom stereocenters. The molecule has 3 aromatic rings. The molecule has 2 N–H and O–H groups in total. The van der Waals surface area contributed by atoms with Gasteiger partial charge in [-0.1, -0.05) is 0 Å². The molecule has 0 spiro atoms. The van der Waals surface area contributed by atoms with Crippen molar-refractivity contribution in [3.05, 3.63) is 42.5 Å². The Morgan fingerprint density at radius 2 is 1.88 bits per heavy atom. The molecule has 124 valence electrons. The van der Waals surface area contributed by atoms with Crippen LogP contribution in [0.1, 0.15) is 6.42 Å². The van der Waals surface area contributed by atoms with Gasteiger partial charge in [-0.3, -0.25) is 0 Å². The molecule has 0 bridgehead atoms. The zero-order valence-corrected chi connectivity index (χ0v) is 13.2. The molecule has 0 unspecified atom stereocenters. The van der Waals surface area contributed by atoms with Gasteiger partial charge < -0.3 is 15.4 Å². The zero-order valence-electron chi connectivity index (χ0n) is 13.2. The van der Waals surface area contributed by atoms with Crippen LogP contribution in [-0.2, 0) is 4.74 Å².